The number of ether oxygens (including phenoxy) is 1. The summed E-state index contributed by atoms with van der Waals surface area (Å²) in [7, 11) is 1.91. The largest absolute Gasteiger partial charge is 0.494 e. The quantitative estimate of drug-likeness (QED) is 0.724. The van der Waals surface area contributed by atoms with E-state index in [0.717, 1.165) is 22.5 Å². The first-order chi connectivity index (χ1) is 11.7. The highest BCUT2D eigenvalue weighted by Gasteiger charge is 2.11. The van der Waals surface area contributed by atoms with Gasteiger partial charge in [-0.1, -0.05) is 12.1 Å². The highest BCUT2D eigenvalue weighted by atomic mass is 16.5. The van der Waals surface area contributed by atoms with Gasteiger partial charge in [0.25, 0.3) is 0 Å². The van der Waals surface area contributed by atoms with Crippen LogP contribution in [0.5, 0.6) is 5.75 Å². The van der Waals surface area contributed by atoms with Crippen molar-refractivity contribution >= 4 is 22.3 Å². The molecule has 0 spiro atoms. The van der Waals surface area contributed by atoms with Gasteiger partial charge in [0, 0.05) is 18.9 Å². The van der Waals surface area contributed by atoms with E-state index < -0.39 is 0 Å². The van der Waals surface area contributed by atoms with E-state index in [2.05, 4.69) is 16.4 Å². The zero-order valence-electron chi connectivity index (χ0n) is 13.7. The van der Waals surface area contributed by atoms with Crippen LogP contribution in [0.25, 0.3) is 16.6 Å². The second kappa shape index (κ2) is 6.88. The molecule has 5 nitrogen and oxygen atoms in total. The molecule has 0 atom stereocenters. The maximum atomic E-state index is 9.49. The molecule has 120 valence electrons. The van der Waals surface area contributed by atoms with Gasteiger partial charge in [-0.2, -0.15) is 5.26 Å². The van der Waals surface area contributed by atoms with E-state index in [9.17, 15) is 5.26 Å². The van der Waals surface area contributed by atoms with Crippen LogP contribution in [-0.4, -0.2) is 16.2 Å². The fourth-order valence-electron chi connectivity index (χ4n) is 2.50. The summed E-state index contributed by atoms with van der Waals surface area (Å²) in [5.41, 5.74) is 3.22. The average Bonchev–Trinajstić information content (AvgIpc) is 2.95. The normalized spacial score (nSPS) is 11.3. The van der Waals surface area contributed by atoms with Crippen LogP contribution in [0.3, 0.4) is 0 Å². The fraction of sp³-hybridized carbons (Fsp3) is 0.158. The maximum Gasteiger partial charge on any atom is 0.153 e. The van der Waals surface area contributed by atoms with Crippen LogP contribution in [0, 0.1) is 11.3 Å². The van der Waals surface area contributed by atoms with E-state index in [1.54, 1.807) is 6.20 Å². The van der Waals surface area contributed by atoms with Gasteiger partial charge in [0.1, 0.15) is 17.4 Å². The third kappa shape index (κ3) is 3.08. The van der Waals surface area contributed by atoms with Crippen molar-refractivity contribution in [3.05, 3.63) is 60.6 Å². The van der Waals surface area contributed by atoms with Gasteiger partial charge in [-0.25, -0.2) is 4.98 Å². The molecular formula is C19H18N4O. The SMILES string of the molecule is CCOc1ccc(N/C=C(/C#N)c2nc3ccccc3n2C)cc1. The summed E-state index contributed by atoms with van der Waals surface area (Å²) in [6.07, 6.45) is 1.68. The molecule has 24 heavy (non-hydrogen) atoms. The molecule has 0 amide bonds. The number of hydrogen-bond acceptors (Lipinski definition) is 4. The Morgan fingerprint density at radius 1 is 1.25 bits per heavy atom. The number of fused-ring (bicyclic) bond motifs is 1. The van der Waals surface area contributed by atoms with Crippen LogP contribution in [0.1, 0.15) is 12.7 Å². The van der Waals surface area contributed by atoms with E-state index in [4.69, 9.17) is 4.74 Å². The molecule has 0 aliphatic carbocycles. The minimum atomic E-state index is 0.475. The van der Waals surface area contributed by atoms with Gasteiger partial charge in [0.2, 0.25) is 0 Å². The number of aromatic nitrogens is 2. The second-order valence-electron chi connectivity index (χ2n) is 5.25. The molecule has 0 aliphatic heterocycles. The molecule has 0 saturated heterocycles. The van der Waals surface area contributed by atoms with Crippen molar-refractivity contribution < 1.29 is 4.74 Å². The van der Waals surface area contributed by atoms with E-state index in [1.807, 2.05) is 67.1 Å². The van der Waals surface area contributed by atoms with Gasteiger partial charge in [-0.05, 0) is 43.3 Å². The lowest BCUT2D eigenvalue weighted by molar-refractivity contribution is 0.340. The number of hydrogen-bond donors (Lipinski definition) is 1. The Morgan fingerprint density at radius 3 is 2.67 bits per heavy atom. The van der Waals surface area contributed by atoms with Gasteiger partial charge in [0.05, 0.1) is 17.6 Å². The molecule has 0 saturated carbocycles. The number of rotatable bonds is 5. The number of anilines is 1. The standard InChI is InChI=1S/C19H18N4O/c1-3-24-16-10-8-15(9-11-16)21-13-14(12-20)19-22-17-6-4-5-7-18(17)23(19)2/h4-11,13,21H,3H2,1-2H3/b14-13-. The zero-order valence-corrected chi connectivity index (χ0v) is 13.7. The Bertz CT molecular complexity index is 917. The van der Waals surface area contributed by atoms with E-state index >= 15 is 0 Å². The smallest absolute Gasteiger partial charge is 0.153 e. The molecule has 2 aromatic carbocycles. The van der Waals surface area contributed by atoms with Gasteiger partial charge in [-0.3, -0.25) is 0 Å². The average molecular weight is 318 g/mol. The number of nitrogens with zero attached hydrogens (tertiary/aromatic N) is 3. The third-order valence-corrected chi connectivity index (χ3v) is 3.70. The molecule has 1 aromatic heterocycles. The molecule has 0 fully saturated rings. The zero-order chi connectivity index (χ0) is 16.9. The van der Waals surface area contributed by atoms with Crippen LogP contribution < -0.4 is 10.1 Å². The molecule has 0 aliphatic rings. The van der Waals surface area contributed by atoms with Crippen molar-refractivity contribution in [1.29, 1.82) is 5.26 Å². The van der Waals surface area contributed by atoms with Crippen molar-refractivity contribution in [1.82, 2.24) is 9.55 Å². The Hall–Kier alpha value is -3.26. The Kier molecular flexibility index (Phi) is 4.48. The van der Waals surface area contributed by atoms with Gasteiger partial charge < -0.3 is 14.6 Å². The van der Waals surface area contributed by atoms with Gasteiger partial charge >= 0.3 is 0 Å². The first-order valence-corrected chi connectivity index (χ1v) is 7.74. The van der Waals surface area contributed by atoms with Crippen molar-refractivity contribution in [3.63, 3.8) is 0 Å². The van der Waals surface area contributed by atoms with Crippen LogP contribution >= 0.6 is 0 Å². The molecular weight excluding hydrogens is 300 g/mol. The van der Waals surface area contributed by atoms with Crippen LogP contribution in [0.4, 0.5) is 5.69 Å². The molecule has 3 rings (SSSR count). The Labute approximate surface area is 140 Å². The van der Waals surface area contributed by atoms with Crippen LogP contribution in [0.15, 0.2) is 54.7 Å². The van der Waals surface area contributed by atoms with E-state index in [-0.39, 0.29) is 0 Å². The topological polar surface area (TPSA) is 62.9 Å². The molecule has 0 unspecified atom stereocenters. The molecule has 0 radical (unpaired) electrons. The number of aryl methyl sites for hydroxylation is 1. The first-order valence-electron chi connectivity index (χ1n) is 7.74. The van der Waals surface area contributed by atoms with E-state index in [0.29, 0.717) is 18.0 Å². The van der Waals surface area contributed by atoms with Crippen molar-refractivity contribution in [2.24, 2.45) is 7.05 Å². The summed E-state index contributed by atoms with van der Waals surface area (Å²) in [5.74, 6) is 1.46. The Balaban J connectivity index is 1.86. The van der Waals surface area contributed by atoms with Gasteiger partial charge in [0.15, 0.2) is 5.82 Å². The number of nitriles is 1. The minimum Gasteiger partial charge on any atom is -0.494 e. The predicted octanol–water partition coefficient (Wildman–Crippen LogP) is 3.95. The highest BCUT2D eigenvalue weighted by molar-refractivity contribution is 5.83. The summed E-state index contributed by atoms with van der Waals surface area (Å²) in [6, 6.07) is 17.6. The molecule has 1 heterocycles. The molecule has 5 heteroatoms. The summed E-state index contributed by atoms with van der Waals surface area (Å²) in [5, 5.41) is 12.6. The van der Waals surface area contributed by atoms with Gasteiger partial charge in [-0.15, -0.1) is 0 Å². The molecule has 0 bridgehead atoms. The second-order valence-corrected chi connectivity index (χ2v) is 5.25. The molecule has 1 N–H and O–H groups in total. The van der Waals surface area contributed by atoms with Crippen molar-refractivity contribution in [2.45, 2.75) is 6.92 Å². The maximum absolute atomic E-state index is 9.49. The van der Waals surface area contributed by atoms with Crippen molar-refractivity contribution in [3.8, 4) is 11.8 Å². The Morgan fingerprint density at radius 2 is 2.00 bits per heavy atom. The number of para-hydroxylation sites is 2. The first kappa shape index (κ1) is 15.6. The lowest BCUT2D eigenvalue weighted by atomic mass is 10.2. The number of nitrogens with one attached hydrogen (secondary N) is 1. The minimum absolute atomic E-state index is 0.475. The summed E-state index contributed by atoms with van der Waals surface area (Å²) < 4.78 is 7.34. The lowest BCUT2D eigenvalue weighted by Gasteiger charge is -2.06. The fourth-order valence-corrected chi connectivity index (χ4v) is 2.50. The predicted molar refractivity (Wildman–Crippen MR) is 95.5 cm³/mol. The van der Waals surface area contributed by atoms with Crippen LogP contribution in [-0.2, 0) is 7.05 Å². The monoisotopic (exact) mass is 318 g/mol. The third-order valence-electron chi connectivity index (χ3n) is 3.70. The number of benzene rings is 2. The summed E-state index contributed by atoms with van der Waals surface area (Å²) >= 11 is 0. The molecule has 3 aromatic rings. The lowest BCUT2D eigenvalue weighted by Crippen LogP contribution is -1.98. The number of imidazole rings is 1. The summed E-state index contributed by atoms with van der Waals surface area (Å²) in [4.78, 5) is 4.55. The van der Waals surface area contributed by atoms with E-state index in [1.165, 1.54) is 0 Å². The number of allylic oxidation sites excluding steroid dienone is 1. The highest BCUT2D eigenvalue weighted by Crippen LogP contribution is 2.21. The van der Waals surface area contributed by atoms with Crippen LogP contribution in [0.2, 0.25) is 0 Å². The van der Waals surface area contributed by atoms with Crippen molar-refractivity contribution in [2.75, 3.05) is 11.9 Å². The summed E-state index contributed by atoms with van der Waals surface area (Å²) in [6.45, 7) is 2.59.